The monoisotopic (exact) mass is 314 g/mol. The Bertz CT molecular complexity index is 619. The van der Waals surface area contributed by atoms with Crippen LogP contribution in [0.2, 0.25) is 0 Å². The molecule has 1 saturated heterocycles. The normalized spacial score (nSPS) is 16.1. The van der Waals surface area contributed by atoms with Crippen LogP contribution < -0.4 is 4.90 Å². The zero-order valence-corrected chi connectivity index (χ0v) is 14.8. The van der Waals surface area contributed by atoms with E-state index in [0.29, 0.717) is 5.56 Å². The van der Waals surface area contributed by atoms with E-state index in [1.54, 1.807) is 0 Å². The summed E-state index contributed by atoms with van der Waals surface area (Å²) in [6, 6.07) is 6.18. The lowest BCUT2D eigenvalue weighted by Crippen LogP contribution is -2.49. The predicted molar refractivity (Wildman–Crippen MR) is 91.1 cm³/mol. The molecule has 1 aliphatic rings. The second kappa shape index (κ2) is 6.57. The molecule has 2 heterocycles. The van der Waals surface area contributed by atoms with Gasteiger partial charge in [-0.1, -0.05) is 20.8 Å². The van der Waals surface area contributed by atoms with E-state index >= 15 is 0 Å². The van der Waals surface area contributed by atoms with Gasteiger partial charge in [0, 0.05) is 37.3 Å². The molecule has 124 valence electrons. The van der Waals surface area contributed by atoms with Gasteiger partial charge in [0.2, 0.25) is 5.91 Å². The first-order chi connectivity index (χ1) is 10.7. The van der Waals surface area contributed by atoms with Gasteiger partial charge in [-0.15, -0.1) is 0 Å². The molecule has 0 N–H and O–H groups in total. The van der Waals surface area contributed by atoms with Crippen LogP contribution in [-0.4, -0.2) is 42.0 Å². The molecule has 0 saturated carbocycles. The molecule has 0 atom stereocenters. The first-order valence-electron chi connectivity index (χ1n) is 8.14. The summed E-state index contributed by atoms with van der Waals surface area (Å²) in [4.78, 5) is 21.0. The van der Waals surface area contributed by atoms with Gasteiger partial charge in [0.25, 0.3) is 0 Å². The number of nitrogens with zero attached hydrogens (tertiary/aromatic N) is 4. The Morgan fingerprint density at radius 3 is 2.48 bits per heavy atom. The second-order valence-electron chi connectivity index (χ2n) is 7.32. The van der Waals surface area contributed by atoms with Crippen molar-refractivity contribution >= 4 is 11.7 Å². The number of aromatic nitrogens is 1. The quantitative estimate of drug-likeness (QED) is 0.842. The van der Waals surface area contributed by atoms with Crippen LogP contribution in [0, 0.1) is 23.7 Å². The minimum Gasteiger partial charge on any atom is -0.355 e. The van der Waals surface area contributed by atoms with E-state index in [1.807, 2.05) is 51.8 Å². The summed E-state index contributed by atoms with van der Waals surface area (Å²) in [7, 11) is 1.90. The van der Waals surface area contributed by atoms with Crippen molar-refractivity contribution in [2.45, 2.75) is 46.6 Å². The summed E-state index contributed by atoms with van der Waals surface area (Å²) >= 11 is 0. The Morgan fingerprint density at radius 2 is 1.96 bits per heavy atom. The Morgan fingerprint density at radius 1 is 1.35 bits per heavy atom. The molecule has 5 heteroatoms. The fourth-order valence-electron chi connectivity index (χ4n) is 3.03. The lowest BCUT2D eigenvalue weighted by Gasteiger charge is -2.39. The molecular formula is C18H26N4O. The number of carbonyl (C=O) groups is 1. The van der Waals surface area contributed by atoms with E-state index in [2.05, 4.69) is 16.0 Å². The zero-order valence-electron chi connectivity index (χ0n) is 14.8. The van der Waals surface area contributed by atoms with E-state index in [4.69, 9.17) is 0 Å². The summed E-state index contributed by atoms with van der Waals surface area (Å²) in [6.07, 6.45) is 1.80. The van der Waals surface area contributed by atoms with Crippen LogP contribution >= 0.6 is 0 Å². The summed E-state index contributed by atoms with van der Waals surface area (Å²) in [5.41, 5.74) is 1.19. The average Bonchev–Trinajstić information content (AvgIpc) is 2.52. The Labute approximate surface area is 138 Å². The molecule has 0 bridgehead atoms. The summed E-state index contributed by atoms with van der Waals surface area (Å²) < 4.78 is 0. The number of piperidine rings is 1. The molecule has 0 unspecified atom stereocenters. The minimum atomic E-state index is -0.349. The number of rotatable bonds is 2. The van der Waals surface area contributed by atoms with E-state index in [1.165, 1.54) is 0 Å². The number of carbonyl (C=O) groups excluding carboxylic acids is 1. The number of nitriles is 1. The molecule has 0 aliphatic carbocycles. The summed E-state index contributed by atoms with van der Waals surface area (Å²) in [5, 5.41) is 9.27. The maximum absolute atomic E-state index is 12.4. The molecule has 23 heavy (non-hydrogen) atoms. The van der Waals surface area contributed by atoms with Crippen LogP contribution in [0.25, 0.3) is 0 Å². The summed E-state index contributed by atoms with van der Waals surface area (Å²) in [5.74, 6) is 0.957. The van der Waals surface area contributed by atoms with Crippen molar-refractivity contribution in [2.75, 3.05) is 25.0 Å². The lowest BCUT2D eigenvalue weighted by molar-refractivity contribution is -0.140. The fourth-order valence-corrected chi connectivity index (χ4v) is 3.03. The van der Waals surface area contributed by atoms with E-state index < -0.39 is 0 Å². The van der Waals surface area contributed by atoms with Crippen LogP contribution in [0.15, 0.2) is 12.1 Å². The highest BCUT2D eigenvalue weighted by molar-refractivity contribution is 5.81. The van der Waals surface area contributed by atoms with Gasteiger partial charge in [-0.05, 0) is 31.9 Å². The van der Waals surface area contributed by atoms with Crippen molar-refractivity contribution in [1.82, 2.24) is 9.88 Å². The Kier molecular flexibility index (Phi) is 4.93. The maximum Gasteiger partial charge on any atom is 0.227 e. The van der Waals surface area contributed by atoms with Gasteiger partial charge in [-0.3, -0.25) is 4.79 Å². The molecule has 1 aromatic heterocycles. The fraction of sp³-hybridized carbons (Fsp3) is 0.611. The Hall–Kier alpha value is -2.09. The van der Waals surface area contributed by atoms with Gasteiger partial charge in [0.15, 0.2) is 0 Å². The lowest BCUT2D eigenvalue weighted by atomic mass is 9.92. The number of anilines is 1. The molecule has 5 nitrogen and oxygen atoms in total. The number of amides is 1. The van der Waals surface area contributed by atoms with Crippen LogP contribution in [-0.2, 0) is 4.79 Å². The van der Waals surface area contributed by atoms with Crippen LogP contribution in [0.4, 0.5) is 5.82 Å². The third kappa shape index (κ3) is 3.82. The highest BCUT2D eigenvalue weighted by atomic mass is 16.2. The molecule has 0 aromatic carbocycles. The molecule has 1 fully saturated rings. The Balaban J connectivity index is 2.06. The van der Waals surface area contributed by atoms with E-state index in [9.17, 15) is 10.1 Å². The first kappa shape index (κ1) is 17.3. The number of hydrogen-bond acceptors (Lipinski definition) is 4. The van der Waals surface area contributed by atoms with Gasteiger partial charge < -0.3 is 9.80 Å². The molecule has 1 amide bonds. The number of pyridine rings is 1. The third-order valence-corrected chi connectivity index (χ3v) is 4.41. The highest BCUT2D eigenvalue weighted by Crippen LogP contribution is 2.26. The van der Waals surface area contributed by atoms with E-state index in [0.717, 1.165) is 37.4 Å². The van der Waals surface area contributed by atoms with Crippen molar-refractivity contribution < 1.29 is 4.79 Å². The first-order valence-corrected chi connectivity index (χ1v) is 8.14. The van der Waals surface area contributed by atoms with Crippen molar-refractivity contribution in [1.29, 1.82) is 5.26 Å². The van der Waals surface area contributed by atoms with Crippen molar-refractivity contribution in [2.24, 2.45) is 5.41 Å². The zero-order chi connectivity index (χ0) is 17.2. The molecule has 1 aromatic rings. The number of aryl methyl sites for hydroxylation is 1. The van der Waals surface area contributed by atoms with Crippen molar-refractivity contribution in [3.05, 3.63) is 23.4 Å². The van der Waals surface area contributed by atoms with Gasteiger partial charge in [0.05, 0.1) is 5.56 Å². The molecule has 1 aliphatic heterocycles. The maximum atomic E-state index is 12.4. The van der Waals surface area contributed by atoms with E-state index in [-0.39, 0.29) is 17.4 Å². The van der Waals surface area contributed by atoms with Crippen LogP contribution in [0.5, 0.6) is 0 Å². The smallest absolute Gasteiger partial charge is 0.227 e. The van der Waals surface area contributed by atoms with Crippen molar-refractivity contribution in [3.63, 3.8) is 0 Å². The molecule has 2 rings (SSSR count). The predicted octanol–water partition coefficient (Wildman–Crippen LogP) is 2.74. The van der Waals surface area contributed by atoms with Crippen LogP contribution in [0.1, 0.15) is 44.9 Å². The second-order valence-corrected chi connectivity index (χ2v) is 7.32. The minimum absolute atomic E-state index is 0.183. The van der Waals surface area contributed by atoms with Gasteiger partial charge in [-0.25, -0.2) is 4.98 Å². The van der Waals surface area contributed by atoms with Gasteiger partial charge in [0.1, 0.15) is 11.9 Å². The third-order valence-electron chi connectivity index (χ3n) is 4.41. The number of hydrogen-bond donors (Lipinski definition) is 0. The summed E-state index contributed by atoms with van der Waals surface area (Å²) in [6.45, 7) is 9.44. The highest BCUT2D eigenvalue weighted by Gasteiger charge is 2.32. The van der Waals surface area contributed by atoms with Crippen molar-refractivity contribution in [3.8, 4) is 6.07 Å². The van der Waals surface area contributed by atoms with Gasteiger partial charge in [-0.2, -0.15) is 5.26 Å². The largest absolute Gasteiger partial charge is 0.355 e. The van der Waals surface area contributed by atoms with Crippen LogP contribution in [0.3, 0.4) is 0 Å². The SMILES string of the molecule is Cc1ccc(C#N)c(N2CCC(N(C)C(=O)C(C)(C)C)CC2)n1. The van der Waals surface area contributed by atoms with Gasteiger partial charge >= 0.3 is 0 Å². The topological polar surface area (TPSA) is 60.2 Å². The molecule has 0 spiro atoms. The molecular weight excluding hydrogens is 288 g/mol. The average molecular weight is 314 g/mol. The standard InChI is InChI=1S/C18H26N4O/c1-13-6-7-14(12-19)16(20-13)22-10-8-15(9-11-22)21(5)17(23)18(2,3)4/h6-7,15H,8-11H2,1-5H3. The molecule has 0 radical (unpaired) electrons.